The van der Waals surface area contributed by atoms with Crippen LogP contribution in [0.2, 0.25) is 0 Å². The van der Waals surface area contributed by atoms with E-state index in [1.807, 2.05) is 48.5 Å². The molecule has 0 aromatic heterocycles. The molecule has 0 aliphatic heterocycles. The first kappa shape index (κ1) is 12.6. The van der Waals surface area contributed by atoms with E-state index >= 15 is 0 Å². The lowest BCUT2D eigenvalue weighted by molar-refractivity contribution is 0.306. The van der Waals surface area contributed by atoms with Gasteiger partial charge >= 0.3 is 0 Å². The van der Waals surface area contributed by atoms with E-state index in [4.69, 9.17) is 9.94 Å². The fourth-order valence-corrected chi connectivity index (χ4v) is 1.96. The van der Waals surface area contributed by atoms with Gasteiger partial charge in [0.05, 0.1) is 6.21 Å². The zero-order valence-corrected chi connectivity index (χ0v) is 11.2. The van der Waals surface area contributed by atoms with Crippen LogP contribution < -0.4 is 4.74 Å². The standard InChI is InChI=1S/C14H12BrNO2/c15-13-3-1-2-12(8-13)10-18-14-6-4-11(5-7-14)9-16-17/h1-9,17H,10H2. The molecule has 0 saturated heterocycles. The Morgan fingerprint density at radius 3 is 2.61 bits per heavy atom. The van der Waals surface area contributed by atoms with Gasteiger partial charge in [-0.15, -0.1) is 0 Å². The number of nitrogens with zero attached hydrogens (tertiary/aromatic N) is 1. The van der Waals surface area contributed by atoms with E-state index in [1.54, 1.807) is 0 Å². The molecule has 4 heteroatoms. The maximum absolute atomic E-state index is 8.40. The highest BCUT2D eigenvalue weighted by Gasteiger charge is 1.97. The van der Waals surface area contributed by atoms with Crippen LogP contribution in [0.1, 0.15) is 11.1 Å². The van der Waals surface area contributed by atoms with Gasteiger partial charge in [0.15, 0.2) is 0 Å². The van der Waals surface area contributed by atoms with Gasteiger partial charge in [-0.2, -0.15) is 0 Å². The minimum absolute atomic E-state index is 0.521. The van der Waals surface area contributed by atoms with Gasteiger partial charge in [0.2, 0.25) is 0 Å². The molecule has 18 heavy (non-hydrogen) atoms. The quantitative estimate of drug-likeness (QED) is 0.530. The number of oxime groups is 1. The van der Waals surface area contributed by atoms with E-state index in [2.05, 4.69) is 21.1 Å². The Bertz CT molecular complexity index is 538. The monoisotopic (exact) mass is 305 g/mol. The molecule has 0 aliphatic rings. The highest BCUT2D eigenvalue weighted by Crippen LogP contribution is 2.16. The second-order valence-corrected chi connectivity index (χ2v) is 4.65. The van der Waals surface area contributed by atoms with Gasteiger partial charge in [-0.1, -0.05) is 33.2 Å². The summed E-state index contributed by atoms with van der Waals surface area (Å²) in [6.45, 7) is 0.521. The van der Waals surface area contributed by atoms with Crippen LogP contribution in [0, 0.1) is 0 Å². The number of rotatable bonds is 4. The lowest BCUT2D eigenvalue weighted by Crippen LogP contribution is -1.95. The molecule has 3 nitrogen and oxygen atoms in total. The summed E-state index contributed by atoms with van der Waals surface area (Å²) in [5.41, 5.74) is 1.93. The molecule has 0 unspecified atom stereocenters. The van der Waals surface area contributed by atoms with Crippen molar-refractivity contribution in [2.24, 2.45) is 5.16 Å². The van der Waals surface area contributed by atoms with Crippen molar-refractivity contribution in [2.45, 2.75) is 6.61 Å². The molecule has 0 saturated carbocycles. The summed E-state index contributed by atoms with van der Waals surface area (Å²) in [5.74, 6) is 0.782. The van der Waals surface area contributed by atoms with Crippen molar-refractivity contribution >= 4 is 22.1 Å². The number of benzene rings is 2. The molecule has 0 aliphatic carbocycles. The predicted molar refractivity (Wildman–Crippen MR) is 74.3 cm³/mol. The minimum Gasteiger partial charge on any atom is -0.489 e. The molecular formula is C14H12BrNO2. The van der Waals surface area contributed by atoms with Gasteiger partial charge in [0, 0.05) is 4.47 Å². The van der Waals surface area contributed by atoms with Crippen LogP contribution in [0.4, 0.5) is 0 Å². The molecule has 0 spiro atoms. The van der Waals surface area contributed by atoms with Crippen LogP contribution in [0.3, 0.4) is 0 Å². The Hall–Kier alpha value is -1.81. The molecule has 0 bridgehead atoms. The number of halogens is 1. The topological polar surface area (TPSA) is 41.8 Å². The average molecular weight is 306 g/mol. The van der Waals surface area contributed by atoms with E-state index in [1.165, 1.54) is 6.21 Å². The van der Waals surface area contributed by atoms with Crippen LogP contribution in [-0.4, -0.2) is 11.4 Å². The summed E-state index contributed by atoms with van der Waals surface area (Å²) < 4.78 is 6.69. The van der Waals surface area contributed by atoms with E-state index < -0.39 is 0 Å². The molecule has 0 heterocycles. The van der Waals surface area contributed by atoms with Crippen molar-refractivity contribution in [1.29, 1.82) is 0 Å². The molecule has 2 aromatic carbocycles. The maximum Gasteiger partial charge on any atom is 0.119 e. The SMILES string of the molecule is ON=Cc1ccc(OCc2cccc(Br)c2)cc1. The Kier molecular flexibility index (Phi) is 4.36. The molecule has 2 aromatic rings. The second-order valence-electron chi connectivity index (χ2n) is 3.73. The Morgan fingerprint density at radius 2 is 1.94 bits per heavy atom. The number of hydrogen-bond donors (Lipinski definition) is 1. The lowest BCUT2D eigenvalue weighted by Gasteiger charge is -2.06. The first-order valence-electron chi connectivity index (χ1n) is 5.42. The van der Waals surface area contributed by atoms with Gasteiger partial charge < -0.3 is 9.94 Å². The van der Waals surface area contributed by atoms with Gasteiger partial charge in [-0.25, -0.2) is 0 Å². The zero-order valence-electron chi connectivity index (χ0n) is 9.58. The van der Waals surface area contributed by atoms with Crippen molar-refractivity contribution < 1.29 is 9.94 Å². The normalized spacial score (nSPS) is 10.7. The van der Waals surface area contributed by atoms with Crippen LogP contribution in [-0.2, 0) is 6.61 Å². The first-order chi connectivity index (χ1) is 8.78. The molecule has 1 N–H and O–H groups in total. The van der Waals surface area contributed by atoms with Crippen molar-refractivity contribution in [3.8, 4) is 5.75 Å². The summed E-state index contributed by atoms with van der Waals surface area (Å²) in [5, 5.41) is 11.4. The van der Waals surface area contributed by atoms with E-state index in [-0.39, 0.29) is 0 Å². The van der Waals surface area contributed by atoms with Crippen molar-refractivity contribution in [1.82, 2.24) is 0 Å². The van der Waals surface area contributed by atoms with E-state index in [9.17, 15) is 0 Å². The van der Waals surface area contributed by atoms with Gasteiger partial charge in [0.25, 0.3) is 0 Å². The Morgan fingerprint density at radius 1 is 1.17 bits per heavy atom. The zero-order chi connectivity index (χ0) is 12.8. The third kappa shape index (κ3) is 3.60. The summed E-state index contributed by atoms with van der Waals surface area (Å²) in [6, 6.07) is 15.3. The van der Waals surface area contributed by atoms with Gasteiger partial charge in [-0.05, 0) is 47.5 Å². The number of hydrogen-bond acceptors (Lipinski definition) is 3. The minimum atomic E-state index is 0.521. The largest absolute Gasteiger partial charge is 0.489 e. The van der Waals surface area contributed by atoms with E-state index in [0.717, 1.165) is 21.3 Å². The summed E-state index contributed by atoms with van der Waals surface area (Å²) in [4.78, 5) is 0. The van der Waals surface area contributed by atoms with Crippen molar-refractivity contribution in [3.63, 3.8) is 0 Å². The van der Waals surface area contributed by atoms with Crippen molar-refractivity contribution in [2.75, 3.05) is 0 Å². The molecular weight excluding hydrogens is 294 g/mol. The third-order valence-electron chi connectivity index (χ3n) is 2.38. The second kappa shape index (κ2) is 6.21. The fourth-order valence-electron chi connectivity index (χ4n) is 1.51. The Labute approximate surface area is 114 Å². The fraction of sp³-hybridized carbons (Fsp3) is 0.0714. The Balaban J connectivity index is 1.98. The smallest absolute Gasteiger partial charge is 0.119 e. The van der Waals surface area contributed by atoms with Crippen molar-refractivity contribution in [3.05, 3.63) is 64.1 Å². The van der Waals surface area contributed by atoms with Gasteiger partial charge in [-0.3, -0.25) is 0 Å². The summed E-state index contributed by atoms with van der Waals surface area (Å²) >= 11 is 3.42. The molecule has 0 amide bonds. The molecule has 0 fully saturated rings. The highest BCUT2D eigenvalue weighted by atomic mass is 79.9. The third-order valence-corrected chi connectivity index (χ3v) is 2.87. The molecule has 0 radical (unpaired) electrons. The van der Waals surface area contributed by atoms with Crippen LogP contribution >= 0.6 is 15.9 Å². The molecule has 0 atom stereocenters. The lowest BCUT2D eigenvalue weighted by atomic mass is 10.2. The molecule has 2 rings (SSSR count). The summed E-state index contributed by atoms with van der Waals surface area (Å²) in [6.07, 6.45) is 1.37. The van der Waals surface area contributed by atoms with E-state index in [0.29, 0.717) is 6.61 Å². The van der Waals surface area contributed by atoms with Crippen LogP contribution in [0.25, 0.3) is 0 Å². The van der Waals surface area contributed by atoms with Crippen LogP contribution in [0.5, 0.6) is 5.75 Å². The van der Waals surface area contributed by atoms with Gasteiger partial charge in [0.1, 0.15) is 12.4 Å². The van der Waals surface area contributed by atoms with Crippen LogP contribution in [0.15, 0.2) is 58.2 Å². The highest BCUT2D eigenvalue weighted by molar-refractivity contribution is 9.10. The predicted octanol–water partition coefficient (Wildman–Crippen LogP) is 3.84. The maximum atomic E-state index is 8.40. The first-order valence-corrected chi connectivity index (χ1v) is 6.22. The summed E-state index contributed by atoms with van der Waals surface area (Å²) in [7, 11) is 0. The average Bonchev–Trinajstić information content (AvgIpc) is 2.38. The number of ether oxygens (including phenoxy) is 1. The molecule has 92 valence electrons.